The van der Waals surface area contributed by atoms with Crippen LogP contribution in [0, 0.1) is 11.7 Å². The molecule has 0 saturated carbocycles. The Kier molecular flexibility index (Phi) is 3.86. The Morgan fingerprint density at radius 1 is 1.47 bits per heavy atom. The average Bonchev–Trinajstić information content (AvgIpc) is 2.15. The van der Waals surface area contributed by atoms with Crippen LogP contribution in [0.15, 0.2) is 24.3 Å². The maximum Gasteiger partial charge on any atom is 0.123 e. The lowest BCUT2D eigenvalue weighted by atomic mass is 9.81. The van der Waals surface area contributed by atoms with Gasteiger partial charge >= 0.3 is 0 Å². The summed E-state index contributed by atoms with van der Waals surface area (Å²) in [6.07, 6.45) is 1.77. The molecule has 1 nitrogen and oxygen atoms in total. The second-order valence-electron chi connectivity index (χ2n) is 4.62. The normalized spacial score (nSPS) is 17.1. The maximum atomic E-state index is 13.0. The fourth-order valence-electron chi connectivity index (χ4n) is 1.73. The van der Waals surface area contributed by atoms with Gasteiger partial charge in [0.15, 0.2) is 0 Å². The van der Waals surface area contributed by atoms with E-state index in [0.29, 0.717) is 5.92 Å². The first-order valence-electron chi connectivity index (χ1n) is 5.49. The molecular weight excluding hydrogens is 189 g/mol. The van der Waals surface area contributed by atoms with Crippen LogP contribution >= 0.6 is 0 Å². The van der Waals surface area contributed by atoms with Crippen molar-refractivity contribution in [3.8, 4) is 0 Å². The molecule has 1 aromatic carbocycles. The Labute approximate surface area is 91.5 Å². The van der Waals surface area contributed by atoms with Crippen LogP contribution in [0.5, 0.6) is 0 Å². The third-order valence-electron chi connectivity index (χ3n) is 3.21. The molecule has 2 N–H and O–H groups in total. The number of hydrogen-bond acceptors (Lipinski definition) is 1. The maximum absolute atomic E-state index is 13.0. The molecule has 0 aliphatic rings. The molecule has 0 aliphatic carbocycles. The molecule has 1 aromatic rings. The minimum Gasteiger partial charge on any atom is -0.325 e. The predicted molar refractivity (Wildman–Crippen MR) is 62.2 cm³/mol. The summed E-state index contributed by atoms with van der Waals surface area (Å²) in [6, 6.07) is 6.68. The minimum atomic E-state index is -0.261. The highest BCUT2D eigenvalue weighted by molar-refractivity contribution is 5.19. The van der Waals surface area contributed by atoms with E-state index < -0.39 is 0 Å². The van der Waals surface area contributed by atoms with Crippen molar-refractivity contribution in [2.45, 2.75) is 39.2 Å². The van der Waals surface area contributed by atoms with Crippen LogP contribution in [0.1, 0.15) is 32.8 Å². The van der Waals surface area contributed by atoms with Crippen molar-refractivity contribution in [3.05, 3.63) is 35.6 Å². The van der Waals surface area contributed by atoms with Crippen LogP contribution in [0.2, 0.25) is 0 Å². The largest absolute Gasteiger partial charge is 0.325 e. The molecule has 0 aromatic heterocycles. The first-order chi connectivity index (χ1) is 6.95. The van der Waals surface area contributed by atoms with Gasteiger partial charge in [-0.2, -0.15) is 0 Å². The molecule has 2 heteroatoms. The summed E-state index contributed by atoms with van der Waals surface area (Å²) < 4.78 is 13.0. The van der Waals surface area contributed by atoms with E-state index in [4.69, 9.17) is 5.73 Å². The summed E-state index contributed by atoms with van der Waals surface area (Å²) in [4.78, 5) is 0. The molecule has 2 unspecified atom stereocenters. The van der Waals surface area contributed by atoms with E-state index in [1.807, 2.05) is 13.0 Å². The molecule has 0 amide bonds. The number of halogens is 1. The lowest BCUT2D eigenvalue weighted by Crippen LogP contribution is -2.44. The summed E-state index contributed by atoms with van der Waals surface area (Å²) >= 11 is 0. The molecular formula is C13H20FN. The van der Waals surface area contributed by atoms with Gasteiger partial charge in [-0.05, 0) is 37.0 Å². The van der Waals surface area contributed by atoms with Crippen molar-refractivity contribution in [2.75, 3.05) is 0 Å². The van der Waals surface area contributed by atoms with Gasteiger partial charge in [0.05, 0.1) is 0 Å². The van der Waals surface area contributed by atoms with Gasteiger partial charge in [-0.25, -0.2) is 4.39 Å². The second-order valence-corrected chi connectivity index (χ2v) is 4.62. The summed E-state index contributed by atoms with van der Waals surface area (Å²) in [5.74, 6) is 0.244. The van der Waals surface area contributed by atoms with E-state index in [-0.39, 0.29) is 11.4 Å². The highest BCUT2D eigenvalue weighted by Gasteiger charge is 2.25. The molecule has 0 fully saturated rings. The third kappa shape index (κ3) is 3.31. The standard InChI is InChI=1S/C13H20FN/c1-4-10(2)13(3,15)9-11-6-5-7-12(14)8-11/h5-8,10H,4,9,15H2,1-3H3. The third-order valence-corrected chi connectivity index (χ3v) is 3.21. The van der Waals surface area contributed by atoms with Crippen molar-refractivity contribution >= 4 is 0 Å². The van der Waals surface area contributed by atoms with Gasteiger partial charge in [-0.15, -0.1) is 0 Å². The molecule has 0 radical (unpaired) electrons. The summed E-state index contributed by atoms with van der Waals surface area (Å²) in [5, 5.41) is 0. The number of hydrogen-bond donors (Lipinski definition) is 1. The smallest absolute Gasteiger partial charge is 0.123 e. The van der Waals surface area contributed by atoms with E-state index in [9.17, 15) is 4.39 Å². The van der Waals surface area contributed by atoms with Crippen LogP contribution < -0.4 is 5.73 Å². The van der Waals surface area contributed by atoms with Crippen LogP contribution in [0.25, 0.3) is 0 Å². The molecule has 15 heavy (non-hydrogen) atoms. The Balaban J connectivity index is 2.77. The SMILES string of the molecule is CCC(C)C(C)(N)Cc1cccc(F)c1. The first-order valence-corrected chi connectivity index (χ1v) is 5.49. The van der Waals surface area contributed by atoms with E-state index in [1.165, 1.54) is 6.07 Å². The van der Waals surface area contributed by atoms with Gasteiger partial charge in [0.1, 0.15) is 5.82 Å². The van der Waals surface area contributed by atoms with Gasteiger partial charge in [-0.1, -0.05) is 32.4 Å². The summed E-state index contributed by atoms with van der Waals surface area (Å²) in [6.45, 7) is 6.30. The van der Waals surface area contributed by atoms with Crippen molar-refractivity contribution in [1.82, 2.24) is 0 Å². The van der Waals surface area contributed by atoms with Crippen LogP contribution in [0.4, 0.5) is 4.39 Å². The molecule has 2 atom stereocenters. The van der Waals surface area contributed by atoms with Gasteiger partial charge < -0.3 is 5.73 Å². The molecule has 0 spiro atoms. The van der Waals surface area contributed by atoms with Gasteiger partial charge in [0, 0.05) is 5.54 Å². The quantitative estimate of drug-likeness (QED) is 0.810. The summed E-state index contributed by atoms with van der Waals surface area (Å²) in [7, 11) is 0. The topological polar surface area (TPSA) is 26.0 Å². The molecule has 0 saturated heterocycles. The zero-order chi connectivity index (χ0) is 11.5. The molecule has 0 aliphatic heterocycles. The van der Waals surface area contributed by atoms with Crippen molar-refractivity contribution < 1.29 is 4.39 Å². The molecule has 0 heterocycles. The van der Waals surface area contributed by atoms with Crippen molar-refractivity contribution in [2.24, 2.45) is 11.7 Å². The van der Waals surface area contributed by atoms with Crippen molar-refractivity contribution in [3.63, 3.8) is 0 Å². The highest BCUT2D eigenvalue weighted by Crippen LogP contribution is 2.22. The zero-order valence-electron chi connectivity index (χ0n) is 9.76. The molecule has 84 valence electrons. The Morgan fingerprint density at radius 3 is 2.67 bits per heavy atom. The Hall–Kier alpha value is -0.890. The fraction of sp³-hybridized carbons (Fsp3) is 0.538. The van der Waals surface area contributed by atoms with Crippen LogP contribution in [-0.4, -0.2) is 5.54 Å². The Morgan fingerprint density at radius 2 is 2.13 bits per heavy atom. The van der Waals surface area contributed by atoms with Crippen LogP contribution in [-0.2, 0) is 6.42 Å². The van der Waals surface area contributed by atoms with E-state index >= 15 is 0 Å². The molecule has 0 bridgehead atoms. The van der Waals surface area contributed by atoms with E-state index in [2.05, 4.69) is 13.8 Å². The highest BCUT2D eigenvalue weighted by atomic mass is 19.1. The lowest BCUT2D eigenvalue weighted by Gasteiger charge is -2.31. The summed E-state index contributed by atoms with van der Waals surface area (Å²) in [5.41, 5.74) is 6.94. The number of benzene rings is 1. The van der Waals surface area contributed by atoms with Gasteiger partial charge in [0.2, 0.25) is 0 Å². The van der Waals surface area contributed by atoms with Crippen molar-refractivity contribution in [1.29, 1.82) is 0 Å². The van der Waals surface area contributed by atoms with Crippen LogP contribution in [0.3, 0.4) is 0 Å². The van der Waals surface area contributed by atoms with E-state index in [1.54, 1.807) is 12.1 Å². The number of rotatable bonds is 4. The monoisotopic (exact) mass is 209 g/mol. The van der Waals surface area contributed by atoms with E-state index in [0.717, 1.165) is 18.4 Å². The zero-order valence-corrected chi connectivity index (χ0v) is 9.76. The Bertz CT molecular complexity index is 320. The van der Waals surface area contributed by atoms with Gasteiger partial charge in [-0.3, -0.25) is 0 Å². The minimum absolute atomic E-state index is 0.188. The first kappa shape index (κ1) is 12.2. The fourth-order valence-corrected chi connectivity index (χ4v) is 1.73. The second kappa shape index (κ2) is 4.75. The van der Waals surface area contributed by atoms with Gasteiger partial charge in [0.25, 0.3) is 0 Å². The molecule has 1 rings (SSSR count). The average molecular weight is 209 g/mol. The predicted octanol–water partition coefficient (Wildman–Crippen LogP) is 3.13. The number of nitrogens with two attached hydrogens (primary N) is 1. The lowest BCUT2D eigenvalue weighted by molar-refractivity contribution is 0.306.